The van der Waals surface area contributed by atoms with Crippen molar-refractivity contribution in [2.75, 3.05) is 18.0 Å². The number of thiophene rings is 1. The lowest BCUT2D eigenvalue weighted by Gasteiger charge is -2.27. The van der Waals surface area contributed by atoms with Gasteiger partial charge in [-0.2, -0.15) is 0 Å². The van der Waals surface area contributed by atoms with Crippen molar-refractivity contribution in [2.45, 2.75) is 19.9 Å². The second-order valence-corrected chi connectivity index (χ2v) is 4.81. The van der Waals surface area contributed by atoms with Crippen LogP contribution in [0, 0.1) is 0 Å². The van der Waals surface area contributed by atoms with E-state index in [0.29, 0.717) is 12.6 Å². The molecular formula is C11H16N4S. The summed E-state index contributed by atoms with van der Waals surface area (Å²) in [6, 6.07) is 2.46. The van der Waals surface area contributed by atoms with Crippen LogP contribution in [0.3, 0.4) is 0 Å². The summed E-state index contributed by atoms with van der Waals surface area (Å²) in [5, 5.41) is 3.17. The van der Waals surface area contributed by atoms with Crippen molar-refractivity contribution in [2.24, 2.45) is 5.73 Å². The van der Waals surface area contributed by atoms with E-state index in [1.54, 1.807) is 17.7 Å². The molecule has 2 heterocycles. The lowest BCUT2D eigenvalue weighted by Crippen LogP contribution is -2.36. The SMILES string of the molecule is CC(C)N(CCN)c1ncnc2sccc12. The molecular weight excluding hydrogens is 220 g/mol. The molecule has 0 aliphatic rings. The molecule has 2 rings (SSSR count). The van der Waals surface area contributed by atoms with Crippen molar-refractivity contribution in [3.8, 4) is 0 Å². The van der Waals surface area contributed by atoms with Gasteiger partial charge in [-0.05, 0) is 25.3 Å². The maximum absolute atomic E-state index is 5.64. The first-order valence-electron chi connectivity index (χ1n) is 5.39. The van der Waals surface area contributed by atoms with Crippen LogP contribution < -0.4 is 10.6 Å². The molecule has 0 bridgehead atoms. The molecule has 0 spiro atoms. The van der Waals surface area contributed by atoms with E-state index in [2.05, 4.69) is 34.8 Å². The zero-order valence-corrected chi connectivity index (χ0v) is 10.4. The zero-order chi connectivity index (χ0) is 11.5. The molecule has 0 aliphatic carbocycles. The zero-order valence-electron chi connectivity index (χ0n) is 9.55. The van der Waals surface area contributed by atoms with Crippen LogP contribution in [0.4, 0.5) is 5.82 Å². The summed E-state index contributed by atoms with van der Waals surface area (Å²) in [7, 11) is 0. The van der Waals surface area contributed by atoms with Crippen LogP contribution >= 0.6 is 11.3 Å². The lowest BCUT2D eigenvalue weighted by atomic mass is 10.2. The fourth-order valence-corrected chi connectivity index (χ4v) is 2.48. The van der Waals surface area contributed by atoms with Gasteiger partial charge in [0.15, 0.2) is 0 Å². The van der Waals surface area contributed by atoms with Crippen molar-refractivity contribution in [3.63, 3.8) is 0 Å². The quantitative estimate of drug-likeness (QED) is 0.880. The van der Waals surface area contributed by atoms with Gasteiger partial charge in [0, 0.05) is 19.1 Å². The molecule has 0 unspecified atom stereocenters. The minimum atomic E-state index is 0.390. The van der Waals surface area contributed by atoms with Gasteiger partial charge < -0.3 is 10.6 Å². The van der Waals surface area contributed by atoms with Crippen LogP contribution in [0.5, 0.6) is 0 Å². The molecule has 2 aromatic heterocycles. The maximum Gasteiger partial charge on any atom is 0.141 e. The van der Waals surface area contributed by atoms with E-state index in [-0.39, 0.29) is 0 Å². The van der Waals surface area contributed by atoms with Gasteiger partial charge >= 0.3 is 0 Å². The van der Waals surface area contributed by atoms with Gasteiger partial charge in [0.25, 0.3) is 0 Å². The normalized spacial score (nSPS) is 11.2. The molecule has 0 fully saturated rings. The Bertz CT molecular complexity index is 466. The molecule has 0 aromatic carbocycles. The van der Waals surface area contributed by atoms with E-state index < -0.39 is 0 Å². The highest BCUT2D eigenvalue weighted by molar-refractivity contribution is 7.16. The third kappa shape index (κ3) is 2.01. The van der Waals surface area contributed by atoms with Gasteiger partial charge in [-0.15, -0.1) is 11.3 Å². The third-order valence-corrected chi connectivity index (χ3v) is 3.33. The molecule has 5 heteroatoms. The minimum Gasteiger partial charge on any atom is -0.352 e. The van der Waals surface area contributed by atoms with Gasteiger partial charge in [0.1, 0.15) is 17.0 Å². The Hall–Kier alpha value is -1.20. The Balaban J connectivity index is 2.47. The number of hydrogen-bond donors (Lipinski definition) is 1. The minimum absolute atomic E-state index is 0.390. The first-order chi connectivity index (χ1) is 7.74. The summed E-state index contributed by atoms with van der Waals surface area (Å²) in [4.78, 5) is 11.9. The van der Waals surface area contributed by atoms with E-state index in [9.17, 15) is 0 Å². The van der Waals surface area contributed by atoms with Crippen molar-refractivity contribution >= 4 is 27.4 Å². The first kappa shape index (κ1) is 11.3. The van der Waals surface area contributed by atoms with E-state index in [4.69, 9.17) is 5.73 Å². The van der Waals surface area contributed by atoms with E-state index in [0.717, 1.165) is 22.6 Å². The van der Waals surface area contributed by atoms with Gasteiger partial charge in [-0.25, -0.2) is 9.97 Å². The maximum atomic E-state index is 5.64. The van der Waals surface area contributed by atoms with Crippen LogP contribution in [-0.4, -0.2) is 29.1 Å². The summed E-state index contributed by atoms with van der Waals surface area (Å²) >= 11 is 1.64. The van der Waals surface area contributed by atoms with Crippen LogP contribution in [0.1, 0.15) is 13.8 Å². The number of rotatable bonds is 4. The lowest BCUT2D eigenvalue weighted by molar-refractivity contribution is 0.677. The smallest absolute Gasteiger partial charge is 0.141 e. The van der Waals surface area contributed by atoms with Gasteiger partial charge in [-0.1, -0.05) is 0 Å². The fraction of sp³-hybridized carbons (Fsp3) is 0.455. The topological polar surface area (TPSA) is 55.0 Å². The number of nitrogens with zero attached hydrogens (tertiary/aromatic N) is 3. The molecule has 4 nitrogen and oxygen atoms in total. The molecule has 0 amide bonds. The summed E-state index contributed by atoms with van der Waals surface area (Å²) in [6.07, 6.45) is 1.63. The van der Waals surface area contributed by atoms with Crippen LogP contribution in [0.15, 0.2) is 17.8 Å². The molecule has 0 aliphatic heterocycles. The fourth-order valence-electron chi connectivity index (χ4n) is 1.75. The summed E-state index contributed by atoms with van der Waals surface area (Å²) in [5.41, 5.74) is 5.64. The number of fused-ring (bicyclic) bond motifs is 1. The van der Waals surface area contributed by atoms with Crippen LogP contribution in [-0.2, 0) is 0 Å². The average Bonchev–Trinajstić information content (AvgIpc) is 2.73. The molecule has 2 N–H and O–H groups in total. The van der Waals surface area contributed by atoms with Crippen molar-refractivity contribution in [3.05, 3.63) is 17.8 Å². The molecule has 0 saturated heterocycles. The first-order valence-corrected chi connectivity index (χ1v) is 6.27. The van der Waals surface area contributed by atoms with E-state index in [1.807, 2.05) is 5.38 Å². The summed E-state index contributed by atoms with van der Waals surface area (Å²) in [5.74, 6) is 0.992. The predicted octanol–water partition coefficient (Wildman–Crippen LogP) is 1.86. The van der Waals surface area contributed by atoms with Crippen molar-refractivity contribution in [1.29, 1.82) is 0 Å². The summed E-state index contributed by atoms with van der Waals surface area (Å²) in [6.45, 7) is 5.75. The predicted molar refractivity (Wildman–Crippen MR) is 69.0 cm³/mol. The van der Waals surface area contributed by atoms with Gasteiger partial charge in [0.05, 0.1) is 5.39 Å². The Morgan fingerprint density at radius 1 is 1.44 bits per heavy atom. The Kier molecular flexibility index (Phi) is 3.36. The Morgan fingerprint density at radius 2 is 2.25 bits per heavy atom. The van der Waals surface area contributed by atoms with Gasteiger partial charge in [-0.3, -0.25) is 0 Å². The monoisotopic (exact) mass is 236 g/mol. The van der Waals surface area contributed by atoms with Crippen LogP contribution in [0.25, 0.3) is 10.2 Å². The number of aromatic nitrogens is 2. The van der Waals surface area contributed by atoms with Crippen molar-refractivity contribution < 1.29 is 0 Å². The highest BCUT2D eigenvalue weighted by atomic mass is 32.1. The number of nitrogens with two attached hydrogens (primary N) is 1. The standard InChI is InChI=1S/C11H16N4S/c1-8(2)15(5-4-12)10-9-3-6-16-11(9)14-7-13-10/h3,6-8H,4-5,12H2,1-2H3. The molecule has 0 radical (unpaired) electrons. The van der Waals surface area contributed by atoms with Gasteiger partial charge in [0.2, 0.25) is 0 Å². The summed E-state index contributed by atoms with van der Waals surface area (Å²) < 4.78 is 0. The van der Waals surface area contributed by atoms with Crippen molar-refractivity contribution in [1.82, 2.24) is 9.97 Å². The molecule has 86 valence electrons. The molecule has 16 heavy (non-hydrogen) atoms. The second-order valence-electron chi connectivity index (χ2n) is 3.91. The second kappa shape index (κ2) is 4.76. The highest BCUT2D eigenvalue weighted by Crippen LogP contribution is 2.27. The average molecular weight is 236 g/mol. The highest BCUT2D eigenvalue weighted by Gasteiger charge is 2.14. The van der Waals surface area contributed by atoms with Crippen LogP contribution in [0.2, 0.25) is 0 Å². The Labute approximate surface area is 99.1 Å². The molecule has 0 saturated carbocycles. The van der Waals surface area contributed by atoms with E-state index in [1.165, 1.54) is 0 Å². The van der Waals surface area contributed by atoms with E-state index >= 15 is 0 Å². The number of hydrogen-bond acceptors (Lipinski definition) is 5. The third-order valence-electron chi connectivity index (χ3n) is 2.51. The molecule has 2 aromatic rings. The number of anilines is 1. The molecule has 0 atom stereocenters. The largest absolute Gasteiger partial charge is 0.352 e. The Morgan fingerprint density at radius 3 is 2.94 bits per heavy atom.